The molecule has 3 aromatic rings. The molecule has 1 aliphatic heterocycles. The summed E-state index contributed by atoms with van der Waals surface area (Å²) in [5, 5.41) is 4.02. The number of aromatic nitrogens is 2. The second-order valence-corrected chi connectivity index (χ2v) is 6.71. The summed E-state index contributed by atoms with van der Waals surface area (Å²) in [7, 11) is 1.56. The summed E-state index contributed by atoms with van der Waals surface area (Å²) < 4.78 is 7.43. The molecule has 2 heterocycles. The van der Waals surface area contributed by atoms with Crippen LogP contribution in [0.2, 0.25) is 0 Å². The van der Waals surface area contributed by atoms with Crippen LogP contribution in [0.15, 0.2) is 59.9 Å². The van der Waals surface area contributed by atoms with E-state index in [-0.39, 0.29) is 5.91 Å². The molecule has 1 aliphatic rings. The average Bonchev–Trinajstić information content (AvgIpc) is 3.24. The first-order chi connectivity index (χ1) is 12.3. The zero-order valence-electron chi connectivity index (χ0n) is 13.7. The number of para-hydroxylation sites is 2. The number of fused-ring (bicyclic) bond motifs is 1. The molecule has 0 bridgehead atoms. The largest absolute Gasteiger partial charge is 0.496 e. The second kappa shape index (κ2) is 6.64. The molecule has 0 spiro atoms. The minimum Gasteiger partial charge on any atom is -0.496 e. The van der Waals surface area contributed by atoms with Crippen LogP contribution in [-0.4, -0.2) is 28.3 Å². The highest BCUT2D eigenvalue weighted by Gasteiger charge is 2.18. The molecule has 0 saturated heterocycles. The van der Waals surface area contributed by atoms with Gasteiger partial charge in [0.2, 0.25) is 0 Å². The molecule has 2 aromatic carbocycles. The van der Waals surface area contributed by atoms with E-state index < -0.39 is 0 Å². The van der Waals surface area contributed by atoms with E-state index in [0.717, 1.165) is 34.4 Å². The molecule has 6 heteroatoms. The zero-order chi connectivity index (χ0) is 17.2. The van der Waals surface area contributed by atoms with Gasteiger partial charge in [-0.25, -0.2) is 4.98 Å². The van der Waals surface area contributed by atoms with Crippen molar-refractivity contribution in [3.8, 4) is 17.0 Å². The minimum atomic E-state index is -0.203. The van der Waals surface area contributed by atoms with Gasteiger partial charge in [-0.3, -0.25) is 4.79 Å². The Bertz CT molecular complexity index is 914. The van der Waals surface area contributed by atoms with E-state index in [2.05, 4.69) is 14.9 Å². The lowest BCUT2D eigenvalue weighted by Crippen LogP contribution is -2.13. The number of carbonyl (C=O) groups excluding carboxylic acids is 1. The summed E-state index contributed by atoms with van der Waals surface area (Å²) in [4.78, 5) is 17.4. The molecule has 4 rings (SSSR count). The van der Waals surface area contributed by atoms with Crippen LogP contribution in [0, 0.1) is 0 Å². The Morgan fingerprint density at radius 3 is 2.84 bits per heavy atom. The number of benzene rings is 2. The number of anilines is 1. The van der Waals surface area contributed by atoms with Crippen LogP contribution in [0.4, 0.5) is 5.69 Å². The van der Waals surface area contributed by atoms with Gasteiger partial charge in [0, 0.05) is 24.1 Å². The summed E-state index contributed by atoms with van der Waals surface area (Å²) in [6, 6.07) is 14.9. The van der Waals surface area contributed by atoms with E-state index >= 15 is 0 Å². The van der Waals surface area contributed by atoms with Crippen LogP contribution in [0.25, 0.3) is 11.3 Å². The van der Waals surface area contributed by atoms with Gasteiger partial charge in [-0.1, -0.05) is 42.1 Å². The van der Waals surface area contributed by atoms with Gasteiger partial charge in [0.1, 0.15) is 5.75 Å². The zero-order valence-corrected chi connectivity index (χ0v) is 14.5. The molecule has 0 aliphatic carbocycles. The third-order valence-corrected chi connectivity index (χ3v) is 5.08. The van der Waals surface area contributed by atoms with Crippen molar-refractivity contribution >= 4 is 23.4 Å². The lowest BCUT2D eigenvalue weighted by atomic mass is 10.1. The Balaban J connectivity index is 1.66. The van der Waals surface area contributed by atoms with E-state index in [0.29, 0.717) is 11.3 Å². The van der Waals surface area contributed by atoms with Gasteiger partial charge in [-0.05, 0) is 18.2 Å². The quantitative estimate of drug-likeness (QED) is 0.774. The van der Waals surface area contributed by atoms with E-state index in [1.165, 1.54) is 0 Å². The lowest BCUT2D eigenvalue weighted by molar-refractivity contribution is 0.102. The fourth-order valence-electron chi connectivity index (χ4n) is 2.88. The van der Waals surface area contributed by atoms with Gasteiger partial charge < -0.3 is 14.6 Å². The van der Waals surface area contributed by atoms with Crippen molar-refractivity contribution in [2.75, 3.05) is 18.2 Å². The predicted octanol–water partition coefficient (Wildman–Crippen LogP) is 3.92. The normalized spacial score (nSPS) is 12.7. The van der Waals surface area contributed by atoms with Gasteiger partial charge in [0.05, 0.1) is 24.1 Å². The van der Waals surface area contributed by atoms with Crippen molar-refractivity contribution in [1.29, 1.82) is 0 Å². The SMILES string of the molecule is COc1ccccc1C(=O)Nc1ccccc1-c1cn2c(n1)SCC2. The van der Waals surface area contributed by atoms with Crippen LogP contribution in [-0.2, 0) is 6.54 Å². The maximum absolute atomic E-state index is 12.7. The topological polar surface area (TPSA) is 56.1 Å². The molecular weight excluding hydrogens is 334 g/mol. The molecule has 25 heavy (non-hydrogen) atoms. The van der Waals surface area contributed by atoms with Gasteiger partial charge in [-0.15, -0.1) is 0 Å². The molecule has 1 amide bonds. The number of hydrogen-bond acceptors (Lipinski definition) is 4. The van der Waals surface area contributed by atoms with Crippen LogP contribution in [0.5, 0.6) is 5.75 Å². The Hall–Kier alpha value is -2.73. The van der Waals surface area contributed by atoms with Gasteiger partial charge in [0.25, 0.3) is 5.91 Å². The number of imidazole rings is 1. The maximum atomic E-state index is 12.7. The highest BCUT2D eigenvalue weighted by Crippen LogP contribution is 2.33. The fraction of sp³-hybridized carbons (Fsp3) is 0.158. The highest BCUT2D eigenvalue weighted by atomic mass is 32.2. The van der Waals surface area contributed by atoms with Crippen LogP contribution < -0.4 is 10.1 Å². The van der Waals surface area contributed by atoms with Crippen molar-refractivity contribution < 1.29 is 9.53 Å². The summed E-state index contributed by atoms with van der Waals surface area (Å²) in [6.07, 6.45) is 2.05. The standard InChI is InChI=1S/C19H17N3O2S/c1-24-17-9-5-3-7-14(17)18(23)20-15-8-4-2-6-13(15)16-12-22-10-11-25-19(22)21-16/h2-9,12H,10-11H2,1H3,(H,20,23). The Morgan fingerprint density at radius 1 is 1.20 bits per heavy atom. The summed E-state index contributed by atoms with van der Waals surface area (Å²) in [6.45, 7) is 0.975. The first kappa shape index (κ1) is 15.8. The molecule has 0 radical (unpaired) electrons. The molecule has 1 N–H and O–H groups in total. The lowest BCUT2D eigenvalue weighted by Gasteiger charge is -2.11. The number of nitrogens with one attached hydrogen (secondary N) is 1. The molecular formula is C19H17N3O2S. The van der Waals surface area contributed by atoms with Crippen LogP contribution in [0.3, 0.4) is 0 Å². The van der Waals surface area contributed by atoms with E-state index in [1.54, 1.807) is 31.0 Å². The number of carbonyl (C=O) groups is 1. The van der Waals surface area contributed by atoms with Crippen molar-refractivity contribution in [2.45, 2.75) is 11.7 Å². The van der Waals surface area contributed by atoms with Gasteiger partial charge >= 0.3 is 0 Å². The number of hydrogen-bond donors (Lipinski definition) is 1. The van der Waals surface area contributed by atoms with Gasteiger partial charge in [-0.2, -0.15) is 0 Å². The first-order valence-corrected chi connectivity index (χ1v) is 8.98. The third-order valence-electron chi connectivity index (χ3n) is 4.11. The Labute approximate surface area is 150 Å². The van der Waals surface area contributed by atoms with Crippen molar-refractivity contribution in [3.05, 3.63) is 60.3 Å². The summed E-state index contributed by atoms with van der Waals surface area (Å²) in [5.41, 5.74) is 3.02. The fourth-order valence-corrected chi connectivity index (χ4v) is 3.82. The summed E-state index contributed by atoms with van der Waals surface area (Å²) in [5.74, 6) is 1.41. The predicted molar refractivity (Wildman–Crippen MR) is 99.3 cm³/mol. The first-order valence-electron chi connectivity index (χ1n) is 8.00. The van der Waals surface area contributed by atoms with Gasteiger partial charge in [0.15, 0.2) is 5.16 Å². The smallest absolute Gasteiger partial charge is 0.259 e. The molecule has 126 valence electrons. The number of nitrogens with zero attached hydrogens (tertiary/aromatic N) is 2. The van der Waals surface area contributed by atoms with Crippen molar-refractivity contribution in [3.63, 3.8) is 0 Å². The van der Waals surface area contributed by atoms with Crippen molar-refractivity contribution in [1.82, 2.24) is 9.55 Å². The Morgan fingerprint density at radius 2 is 2.00 bits per heavy atom. The second-order valence-electron chi connectivity index (χ2n) is 5.65. The summed E-state index contributed by atoms with van der Waals surface area (Å²) >= 11 is 1.75. The number of amides is 1. The number of ether oxygens (including phenoxy) is 1. The molecule has 5 nitrogen and oxygen atoms in total. The highest BCUT2D eigenvalue weighted by molar-refractivity contribution is 7.99. The molecule has 0 saturated carbocycles. The molecule has 0 atom stereocenters. The van der Waals surface area contributed by atoms with Crippen LogP contribution in [0.1, 0.15) is 10.4 Å². The average molecular weight is 351 g/mol. The number of thioether (sulfide) groups is 1. The number of rotatable bonds is 4. The van der Waals surface area contributed by atoms with E-state index in [9.17, 15) is 4.79 Å². The van der Waals surface area contributed by atoms with E-state index in [4.69, 9.17) is 4.74 Å². The number of methoxy groups -OCH3 is 1. The van der Waals surface area contributed by atoms with Crippen molar-refractivity contribution in [2.24, 2.45) is 0 Å². The molecule has 0 unspecified atom stereocenters. The van der Waals surface area contributed by atoms with E-state index in [1.807, 2.05) is 42.6 Å². The molecule has 1 aromatic heterocycles. The number of aryl methyl sites for hydroxylation is 1. The molecule has 0 fully saturated rings. The third kappa shape index (κ3) is 3.00. The Kier molecular flexibility index (Phi) is 4.19. The monoisotopic (exact) mass is 351 g/mol. The minimum absolute atomic E-state index is 0.203. The van der Waals surface area contributed by atoms with Crippen LogP contribution >= 0.6 is 11.8 Å². The maximum Gasteiger partial charge on any atom is 0.259 e.